The van der Waals surface area contributed by atoms with E-state index >= 15 is 0 Å². The number of aliphatic hydroxyl groups excluding tert-OH is 1. The fourth-order valence-corrected chi connectivity index (χ4v) is 0.786. The van der Waals surface area contributed by atoms with E-state index in [0.717, 1.165) is 5.56 Å². The third kappa shape index (κ3) is 3.84. The van der Waals surface area contributed by atoms with Gasteiger partial charge in [-0.1, -0.05) is 0 Å². The predicted molar refractivity (Wildman–Crippen MR) is 55.0 cm³/mol. The molecule has 0 aromatic carbocycles. The maximum absolute atomic E-state index is 11.0. The molecule has 1 aromatic rings. The second-order valence-electron chi connectivity index (χ2n) is 2.80. The highest BCUT2D eigenvalue weighted by atomic mass is 16.3. The molecule has 0 aliphatic heterocycles. The maximum Gasteiger partial charge on any atom is 0.259 e. The van der Waals surface area contributed by atoms with Crippen molar-refractivity contribution in [2.45, 2.75) is 6.04 Å². The van der Waals surface area contributed by atoms with Crippen molar-refractivity contribution in [3.63, 3.8) is 0 Å². The third-order valence-corrected chi connectivity index (χ3v) is 1.63. The molecule has 15 heavy (non-hydrogen) atoms. The van der Waals surface area contributed by atoms with Crippen molar-refractivity contribution in [1.82, 2.24) is 10.4 Å². The van der Waals surface area contributed by atoms with Crippen molar-refractivity contribution in [1.29, 1.82) is 0 Å². The fraction of sp³-hybridized carbons (Fsp3) is 0.222. The summed E-state index contributed by atoms with van der Waals surface area (Å²) in [6.45, 7) is -0.406. The van der Waals surface area contributed by atoms with E-state index < -0.39 is 18.6 Å². The molecule has 1 amide bonds. The van der Waals surface area contributed by atoms with Crippen molar-refractivity contribution >= 4 is 12.1 Å². The Morgan fingerprint density at radius 3 is 2.93 bits per heavy atom. The number of nitrogens with one attached hydrogen (secondary N) is 1. The topological polar surface area (TPSA) is 101 Å². The normalized spacial score (nSPS) is 12.7. The minimum atomic E-state index is -0.945. The molecule has 0 fully saturated rings. The number of hydrogen-bond acceptors (Lipinski definition) is 5. The van der Waals surface area contributed by atoms with Crippen LogP contribution in [0.1, 0.15) is 5.56 Å². The molecule has 0 saturated heterocycles. The first-order valence-corrected chi connectivity index (χ1v) is 4.33. The SMILES string of the molecule is N[C@@H](CO)C(=O)NN=Cc1ccncc1. The molecule has 0 aliphatic rings. The second-order valence-corrected chi connectivity index (χ2v) is 2.80. The van der Waals surface area contributed by atoms with E-state index in [-0.39, 0.29) is 0 Å². The molecule has 1 atom stereocenters. The molecule has 4 N–H and O–H groups in total. The highest BCUT2D eigenvalue weighted by Crippen LogP contribution is 1.90. The minimum Gasteiger partial charge on any atom is -0.394 e. The lowest BCUT2D eigenvalue weighted by atomic mass is 10.3. The highest BCUT2D eigenvalue weighted by molar-refractivity contribution is 5.84. The largest absolute Gasteiger partial charge is 0.394 e. The van der Waals surface area contributed by atoms with Gasteiger partial charge in [0.05, 0.1) is 12.8 Å². The summed E-state index contributed by atoms with van der Waals surface area (Å²) >= 11 is 0. The van der Waals surface area contributed by atoms with Crippen molar-refractivity contribution in [2.75, 3.05) is 6.61 Å². The molecular weight excluding hydrogens is 196 g/mol. The monoisotopic (exact) mass is 208 g/mol. The standard InChI is InChI=1S/C9H12N4O2/c10-8(6-14)9(15)13-12-5-7-1-3-11-4-2-7/h1-5,8,14H,6,10H2,(H,13,15)/t8-/m0/s1. The van der Waals surface area contributed by atoms with Gasteiger partial charge in [0, 0.05) is 12.4 Å². The van der Waals surface area contributed by atoms with Crippen LogP contribution < -0.4 is 11.2 Å². The first-order chi connectivity index (χ1) is 7.24. The summed E-state index contributed by atoms with van der Waals surface area (Å²) in [7, 11) is 0. The number of amides is 1. The molecule has 0 aliphatic carbocycles. The Balaban J connectivity index is 2.44. The number of rotatable bonds is 4. The Hall–Kier alpha value is -1.79. The Bertz CT molecular complexity index is 339. The van der Waals surface area contributed by atoms with E-state index in [1.54, 1.807) is 24.5 Å². The number of hydrazone groups is 1. The lowest BCUT2D eigenvalue weighted by Gasteiger charge is -2.04. The van der Waals surface area contributed by atoms with Gasteiger partial charge in [0.2, 0.25) is 0 Å². The molecule has 80 valence electrons. The molecule has 0 unspecified atom stereocenters. The van der Waals surface area contributed by atoms with Gasteiger partial charge in [0.1, 0.15) is 6.04 Å². The number of nitrogens with two attached hydrogens (primary N) is 1. The van der Waals surface area contributed by atoms with Crippen molar-refractivity contribution in [3.05, 3.63) is 30.1 Å². The first-order valence-electron chi connectivity index (χ1n) is 4.33. The van der Waals surface area contributed by atoms with Gasteiger partial charge in [-0.05, 0) is 17.7 Å². The number of pyridine rings is 1. The Labute approximate surface area is 86.8 Å². The summed E-state index contributed by atoms with van der Waals surface area (Å²) in [5.74, 6) is -0.525. The van der Waals surface area contributed by atoms with Crippen LogP contribution in [-0.2, 0) is 4.79 Å². The maximum atomic E-state index is 11.0. The van der Waals surface area contributed by atoms with Crippen LogP contribution in [0.15, 0.2) is 29.6 Å². The Morgan fingerprint density at radius 2 is 2.33 bits per heavy atom. The van der Waals surface area contributed by atoms with Gasteiger partial charge in [0.15, 0.2) is 0 Å². The molecule has 1 heterocycles. The van der Waals surface area contributed by atoms with Crippen LogP contribution in [0.3, 0.4) is 0 Å². The molecule has 0 radical (unpaired) electrons. The van der Waals surface area contributed by atoms with Crippen LogP contribution in [0, 0.1) is 0 Å². The molecule has 0 bridgehead atoms. The van der Waals surface area contributed by atoms with Crippen LogP contribution in [-0.4, -0.2) is 34.9 Å². The van der Waals surface area contributed by atoms with Gasteiger partial charge in [-0.15, -0.1) is 0 Å². The van der Waals surface area contributed by atoms with E-state index in [4.69, 9.17) is 10.8 Å². The van der Waals surface area contributed by atoms with Crippen LogP contribution in [0.2, 0.25) is 0 Å². The summed E-state index contributed by atoms with van der Waals surface area (Å²) in [5, 5.41) is 12.2. The van der Waals surface area contributed by atoms with Crippen LogP contribution in [0.25, 0.3) is 0 Å². The quantitative estimate of drug-likeness (QED) is 0.429. The first kappa shape index (κ1) is 11.3. The average Bonchev–Trinajstić information content (AvgIpc) is 2.29. The zero-order valence-corrected chi connectivity index (χ0v) is 8.00. The summed E-state index contributed by atoms with van der Waals surface area (Å²) < 4.78 is 0. The van der Waals surface area contributed by atoms with E-state index in [0.29, 0.717) is 0 Å². The van der Waals surface area contributed by atoms with Crippen LogP contribution in [0.5, 0.6) is 0 Å². The van der Waals surface area contributed by atoms with Gasteiger partial charge in [-0.3, -0.25) is 9.78 Å². The van der Waals surface area contributed by atoms with Gasteiger partial charge in [0.25, 0.3) is 5.91 Å². The molecule has 0 saturated carbocycles. The van der Waals surface area contributed by atoms with Gasteiger partial charge >= 0.3 is 0 Å². The predicted octanol–water partition coefficient (Wildman–Crippen LogP) is -1.15. The van der Waals surface area contributed by atoms with Gasteiger partial charge < -0.3 is 10.8 Å². The lowest BCUT2D eigenvalue weighted by molar-refractivity contribution is -0.123. The summed E-state index contributed by atoms with van der Waals surface area (Å²) in [4.78, 5) is 14.9. The fourth-order valence-electron chi connectivity index (χ4n) is 0.786. The van der Waals surface area contributed by atoms with Crippen molar-refractivity contribution < 1.29 is 9.90 Å². The van der Waals surface area contributed by atoms with Crippen LogP contribution >= 0.6 is 0 Å². The Kier molecular flexibility index (Phi) is 4.39. The summed E-state index contributed by atoms with van der Waals surface area (Å²) in [5.41, 5.74) is 8.27. The lowest BCUT2D eigenvalue weighted by Crippen LogP contribution is -2.40. The van der Waals surface area contributed by atoms with Gasteiger partial charge in [-0.2, -0.15) is 5.10 Å². The second kappa shape index (κ2) is 5.84. The van der Waals surface area contributed by atoms with Crippen LogP contribution in [0.4, 0.5) is 0 Å². The molecule has 6 nitrogen and oxygen atoms in total. The number of carbonyl (C=O) groups is 1. The van der Waals surface area contributed by atoms with Crippen molar-refractivity contribution in [2.24, 2.45) is 10.8 Å². The van der Waals surface area contributed by atoms with E-state index in [2.05, 4.69) is 15.5 Å². The average molecular weight is 208 g/mol. The Morgan fingerprint density at radius 1 is 1.67 bits per heavy atom. The third-order valence-electron chi connectivity index (χ3n) is 1.63. The smallest absolute Gasteiger partial charge is 0.259 e. The van der Waals surface area contributed by atoms with Gasteiger partial charge in [-0.25, -0.2) is 5.43 Å². The number of aromatic nitrogens is 1. The molecule has 6 heteroatoms. The van der Waals surface area contributed by atoms with E-state index in [9.17, 15) is 4.79 Å². The van der Waals surface area contributed by atoms with E-state index in [1.165, 1.54) is 6.21 Å². The number of hydrogen-bond donors (Lipinski definition) is 3. The molecule has 0 spiro atoms. The summed E-state index contributed by atoms with van der Waals surface area (Å²) in [6.07, 6.45) is 4.69. The zero-order chi connectivity index (χ0) is 11.1. The molecule has 1 rings (SSSR count). The number of nitrogens with zero attached hydrogens (tertiary/aromatic N) is 2. The highest BCUT2D eigenvalue weighted by Gasteiger charge is 2.09. The molecule has 1 aromatic heterocycles. The summed E-state index contributed by atoms with van der Waals surface area (Å²) in [6, 6.07) is 2.53. The zero-order valence-electron chi connectivity index (χ0n) is 8.00. The van der Waals surface area contributed by atoms with E-state index in [1.807, 2.05) is 0 Å². The number of carbonyl (C=O) groups excluding carboxylic acids is 1. The minimum absolute atomic E-state index is 0.406. The van der Waals surface area contributed by atoms with Crippen molar-refractivity contribution in [3.8, 4) is 0 Å². The number of aliphatic hydroxyl groups is 1. The molecular formula is C9H12N4O2.